The van der Waals surface area contributed by atoms with Crippen molar-refractivity contribution in [2.45, 2.75) is 39.5 Å². The second-order valence-electron chi connectivity index (χ2n) is 6.96. The smallest absolute Gasteiger partial charge is 0.227 e. The van der Waals surface area contributed by atoms with Gasteiger partial charge < -0.3 is 15.0 Å². The third-order valence-electron chi connectivity index (χ3n) is 5.17. The molecule has 2 bridgehead atoms. The van der Waals surface area contributed by atoms with Gasteiger partial charge in [0.1, 0.15) is 0 Å². The summed E-state index contributed by atoms with van der Waals surface area (Å²) in [6.45, 7) is 7.00. The Morgan fingerprint density at radius 1 is 1.12 bits per heavy atom. The first kappa shape index (κ1) is 19.0. The van der Waals surface area contributed by atoms with Crippen molar-refractivity contribution in [1.29, 1.82) is 0 Å². The van der Waals surface area contributed by atoms with Crippen molar-refractivity contribution in [1.82, 2.24) is 10.2 Å². The molecule has 0 aliphatic heterocycles. The minimum absolute atomic E-state index is 0.0363. The molecule has 0 saturated heterocycles. The van der Waals surface area contributed by atoms with Gasteiger partial charge in [-0.05, 0) is 37.5 Å². The van der Waals surface area contributed by atoms with Gasteiger partial charge >= 0.3 is 0 Å². The third kappa shape index (κ3) is 4.18. The maximum Gasteiger partial charge on any atom is 0.227 e. The molecule has 24 heavy (non-hydrogen) atoms. The highest BCUT2D eigenvalue weighted by molar-refractivity contribution is 5.89. The van der Waals surface area contributed by atoms with Crippen LogP contribution in [0.2, 0.25) is 0 Å². The molecule has 2 aliphatic carbocycles. The van der Waals surface area contributed by atoms with Gasteiger partial charge in [-0.1, -0.05) is 26.0 Å². The van der Waals surface area contributed by atoms with Gasteiger partial charge in [0.2, 0.25) is 11.8 Å². The molecule has 2 aliphatic rings. The monoisotopic (exact) mass is 336 g/mol. The van der Waals surface area contributed by atoms with E-state index in [2.05, 4.69) is 31.3 Å². The van der Waals surface area contributed by atoms with Crippen LogP contribution in [0.15, 0.2) is 12.2 Å². The van der Waals surface area contributed by atoms with Crippen LogP contribution >= 0.6 is 0 Å². The molecule has 1 fully saturated rings. The molecule has 0 aromatic heterocycles. The number of amides is 2. The summed E-state index contributed by atoms with van der Waals surface area (Å²) in [5, 5.41) is 3.01. The summed E-state index contributed by atoms with van der Waals surface area (Å²) in [7, 11) is 1.66. The van der Waals surface area contributed by atoms with Crippen LogP contribution in [0.1, 0.15) is 39.5 Å². The maximum atomic E-state index is 13.1. The molecule has 0 unspecified atom stereocenters. The number of nitrogens with zero attached hydrogens (tertiary/aromatic N) is 1. The number of allylic oxidation sites excluding steroid dienone is 2. The number of nitrogens with one attached hydrogen (secondary N) is 1. The fourth-order valence-electron chi connectivity index (χ4n) is 4.15. The highest BCUT2D eigenvalue weighted by Gasteiger charge is 2.52. The Morgan fingerprint density at radius 2 is 1.75 bits per heavy atom. The number of fused-ring (bicyclic) bond motifs is 2. The van der Waals surface area contributed by atoms with Crippen molar-refractivity contribution in [3.8, 4) is 0 Å². The first-order chi connectivity index (χ1) is 11.6. The maximum absolute atomic E-state index is 13.1. The summed E-state index contributed by atoms with van der Waals surface area (Å²) in [5.74, 6) is 0.276. The van der Waals surface area contributed by atoms with Crippen LogP contribution in [0, 0.1) is 23.7 Å². The quantitative estimate of drug-likeness (QED) is 0.492. The second-order valence-corrected chi connectivity index (χ2v) is 6.96. The number of carbonyl (C=O) groups is 2. The lowest BCUT2D eigenvalue weighted by Gasteiger charge is -2.32. The molecule has 5 heteroatoms. The molecule has 1 saturated carbocycles. The van der Waals surface area contributed by atoms with Gasteiger partial charge in [0.25, 0.3) is 0 Å². The van der Waals surface area contributed by atoms with Gasteiger partial charge in [0.05, 0.1) is 11.8 Å². The molecule has 0 radical (unpaired) electrons. The molecule has 0 aromatic carbocycles. The Hall–Kier alpha value is -1.36. The van der Waals surface area contributed by atoms with E-state index in [1.54, 1.807) is 7.11 Å². The lowest BCUT2D eigenvalue weighted by molar-refractivity contribution is -0.142. The first-order valence-corrected chi connectivity index (χ1v) is 9.37. The van der Waals surface area contributed by atoms with Crippen molar-refractivity contribution in [3.63, 3.8) is 0 Å². The number of rotatable bonds is 10. The van der Waals surface area contributed by atoms with E-state index >= 15 is 0 Å². The lowest BCUT2D eigenvalue weighted by atomic mass is 9.81. The fourth-order valence-corrected chi connectivity index (χ4v) is 4.15. The van der Waals surface area contributed by atoms with E-state index in [0.717, 1.165) is 38.8 Å². The molecule has 0 heterocycles. The highest BCUT2D eigenvalue weighted by atomic mass is 16.5. The van der Waals surface area contributed by atoms with Crippen LogP contribution in [0.4, 0.5) is 0 Å². The zero-order chi connectivity index (χ0) is 17.5. The van der Waals surface area contributed by atoms with E-state index < -0.39 is 0 Å². The van der Waals surface area contributed by atoms with Crippen molar-refractivity contribution in [3.05, 3.63) is 12.2 Å². The molecule has 2 rings (SSSR count). The average molecular weight is 336 g/mol. The van der Waals surface area contributed by atoms with Crippen LogP contribution < -0.4 is 5.32 Å². The summed E-state index contributed by atoms with van der Waals surface area (Å²) in [5.41, 5.74) is 0. The lowest BCUT2D eigenvalue weighted by Crippen LogP contribution is -2.46. The predicted octanol–water partition coefficient (Wildman–Crippen LogP) is 2.23. The zero-order valence-electron chi connectivity index (χ0n) is 15.3. The van der Waals surface area contributed by atoms with Crippen LogP contribution in [0.25, 0.3) is 0 Å². The third-order valence-corrected chi connectivity index (χ3v) is 5.17. The largest absolute Gasteiger partial charge is 0.385 e. The molecule has 136 valence electrons. The van der Waals surface area contributed by atoms with Crippen molar-refractivity contribution in [2.75, 3.05) is 33.4 Å². The van der Waals surface area contributed by atoms with Crippen LogP contribution in [0.3, 0.4) is 0 Å². The SMILES string of the molecule is CCCN(CCC)C(=O)[C@H]1[C@H](C(=O)NCCCOC)[C@H]2C=C[C@H]1C2. The summed E-state index contributed by atoms with van der Waals surface area (Å²) >= 11 is 0. The van der Waals surface area contributed by atoms with Gasteiger partial charge in [-0.15, -0.1) is 0 Å². The molecule has 4 atom stereocenters. The number of ether oxygens (including phenoxy) is 1. The van der Waals surface area contributed by atoms with E-state index in [4.69, 9.17) is 4.74 Å². The Labute approximate surface area is 145 Å². The summed E-state index contributed by atoms with van der Waals surface area (Å²) < 4.78 is 5.02. The Bertz CT molecular complexity index is 458. The van der Waals surface area contributed by atoms with E-state index in [0.29, 0.717) is 13.2 Å². The second kappa shape index (κ2) is 9.21. The predicted molar refractivity (Wildman–Crippen MR) is 94.4 cm³/mol. The van der Waals surface area contributed by atoms with Crippen LogP contribution in [-0.4, -0.2) is 50.1 Å². The van der Waals surface area contributed by atoms with Crippen molar-refractivity contribution >= 4 is 11.8 Å². The number of methoxy groups -OCH3 is 1. The number of hydrogen-bond donors (Lipinski definition) is 1. The normalized spacial score (nSPS) is 27.5. The van der Waals surface area contributed by atoms with Gasteiger partial charge in [-0.2, -0.15) is 0 Å². The average Bonchev–Trinajstić information content (AvgIpc) is 3.19. The zero-order valence-corrected chi connectivity index (χ0v) is 15.3. The van der Waals surface area contributed by atoms with Gasteiger partial charge in [-0.25, -0.2) is 0 Å². The Kier molecular flexibility index (Phi) is 7.28. The summed E-state index contributed by atoms with van der Waals surface area (Å²) in [6, 6.07) is 0. The van der Waals surface area contributed by atoms with E-state index in [9.17, 15) is 9.59 Å². The van der Waals surface area contributed by atoms with Crippen molar-refractivity contribution in [2.24, 2.45) is 23.7 Å². The van der Waals surface area contributed by atoms with E-state index in [1.807, 2.05) is 4.90 Å². The summed E-state index contributed by atoms with van der Waals surface area (Å²) in [4.78, 5) is 27.8. The molecular weight excluding hydrogens is 304 g/mol. The standard InChI is InChI=1S/C19H32N2O3/c1-4-10-21(11-5-2)19(23)17-15-8-7-14(13-15)16(17)18(22)20-9-6-12-24-3/h7-8,14-17H,4-6,9-13H2,1-3H3,(H,20,22)/t14-,15-,16+,17+/m0/s1. The molecule has 5 nitrogen and oxygen atoms in total. The van der Waals surface area contributed by atoms with Crippen LogP contribution in [0.5, 0.6) is 0 Å². The Balaban J connectivity index is 2.04. The molecule has 1 N–H and O–H groups in total. The molecule has 0 spiro atoms. The van der Waals surface area contributed by atoms with Gasteiger partial charge in [0, 0.05) is 33.4 Å². The highest BCUT2D eigenvalue weighted by Crippen LogP contribution is 2.48. The van der Waals surface area contributed by atoms with E-state index in [-0.39, 0.29) is 35.5 Å². The van der Waals surface area contributed by atoms with Crippen molar-refractivity contribution < 1.29 is 14.3 Å². The van der Waals surface area contributed by atoms with Crippen LogP contribution in [-0.2, 0) is 14.3 Å². The fraction of sp³-hybridized carbons (Fsp3) is 0.789. The first-order valence-electron chi connectivity index (χ1n) is 9.37. The minimum Gasteiger partial charge on any atom is -0.385 e. The van der Waals surface area contributed by atoms with Gasteiger partial charge in [0.15, 0.2) is 0 Å². The number of carbonyl (C=O) groups excluding carboxylic acids is 2. The molecule has 0 aromatic rings. The van der Waals surface area contributed by atoms with E-state index in [1.165, 1.54) is 0 Å². The number of hydrogen-bond acceptors (Lipinski definition) is 3. The summed E-state index contributed by atoms with van der Waals surface area (Å²) in [6.07, 6.45) is 7.94. The molecule has 2 amide bonds. The molecular formula is C19H32N2O3. The van der Waals surface area contributed by atoms with Gasteiger partial charge in [-0.3, -0.25) is 9.59 Å². The topological polar surface area (TPSA) is 58.6 Å². The Morgan fingerprint density at radius 3 is 2.33 bits per heavy atom. The minimum atomic E-state index is -0.203.